The Bertz CT molecular complexity index is 562. The second-order valence-corrected chi connectivity index (χ2v) is 6.11. The summed E-state index contributed by atoms with van der Waals surface area (Å²) in [6.45, 7) is 5.14. The maximum Gasteiger partial charge on any atom is 0.0424 e. The van der Waals surface area contributed by atoms with Crippen LogP contribution in [0.25, 0.3) is 0 Å². The molecule has 0 spiro atoms. The van der Waals surface area contributed by atoms with E-state index in [1.807, 2.05) is 25.3 Å². The topological polar surface area (TPSA) is 24.9 Å². The van der Waals surface area contributed by atoms with Gasteiger partial charge in [0.2, 0.25) is 0 Å². The lowest BCUT2D eigenvalue weighted by atomic mass is 10.0. The number of halogens is 2. The number of benzene rings is 1. The van der Waals surface area contributed by atoms with Crippen molar-refractivity contribution in [2.45, 2.75) is 32.7 Å². The Labute approximate surface area is 136 Å². The maximum atomic E-state index is 6.12. The molecule has 2 nitrogen and oxygen atoms in total. The number of hydrogen-bond donors (Lipinski definition) is 1. The number of pyridine rings is 1. The van der Waals surface area contributed by atoms with E-state index in [4.69, 9.17) is 23.2 Å². The number of rotatable bonds is 6. The molecule has 0 saturated heterocycles. The molecule has 0 aliphatic carbocycles. The van der Waals surface area contributed by atoms with Gasteiger partial charge in [-0.3, -0.25) is 4.98 Å². The number of aryl methyl sites for hydroxylation is 1. The molecule has 0 bridgehead atoms. The van der Waals surface area contributed by atoms with Gasteiger partial charge >= 0.3 is 0 Å². The van der Waals surface area contributed by atoms with Crippen LogP contribution in [-0.4, -0.2) is 11.5 Å². The van der Waals surface area contributed by atoms with Crippen molar-refractivity contribution in [2.24, 2.45) is 0 Å². The molecule has 1 N–H and O–H groups in total. The summed E-state index contributed by atoms with van der Waals surface area (Å²) >= 11 is 12.2. The second-order valence-electron chi connectivity index (χ2n) is 5.24. The molecule has 2 aromatic rings. The van der Waals surface area contributed by atoms with Gasteiger partial charge in [-0.05, 0) is 55.3 Å². The van der Waals surface area contributed by atoms with E-state index >= 15 is 0 Å². The zero-order valence-corrected chi connectivity index (χ0v) is 13.9. The highest BCUT2D eigenvalue weighted by Gasteiger charge is 2.13. The summed E-state index contributed by atoms with van der Waals surface area (Å²) < 4.78 is 0. The summed E-state index contributed by atoms with van der Waals surface area (Å²) in [5.41, 5.74) is 3.33. The first kappa shape index (κ1) is 16.3. The molecule has 2 rings (SSSR count). The summed E-state index contributed by atoms with van der Waals surface area (Å²) in [5, 5.41) is 4.87. The standard InChI is InChI=1S/C17H20Cl2N2/c1-3-6-20-17(10-16-5-4-12(2)11-21-16)13-7-14(18)9-15(19)8-13/h4-5,7-9,11,17,20H,3,6,10H2,1-2H3. The average molecular weight is 323 g/mol. The smallest absolute Gasteiger partial charge is 0.0424 e. The van der Waals surface area contributed by atoms with Crippen molar-refractivity contribution in [3.63, 3.8) is 0 Å². The maximum absolute atomic E-state index is 6.12. The highest BCUT2D eigenvalue weighted by atomic mass is 35.5. The minimum atomic E-state index is 0.163. The molecular weight excluding hydrogens is 303 g/mol. The van der Waals surface area contributed by atoms with Crippen LogP contribution in [0.15, 0.2) is 36.5 Å². The summed E-state index contributed by atoms with van der Waals surface area (Å²) in [4.78, 5) is 4.49. The molecule has 1 unspecified atom stereocenters. The van der Waals surface area contributed by atoms with E-state index in [1.165, 1.54) is 5.56 Å². The van der Waals surface area contributed by atoms with Crippen LogP contribution in [0.2, 0.25) is 10.0 Å². The van der Waals surface area contributed by atoms with Crippen LogP contribution in [0.4, 0.5) is 0 Å². The number of hydrogen-bond acceptors (Lipinski definition) is 2. The lowest BCUT2D eigenvalue weighted by Crippen LogP contribution is -2.24. The van der Waals surface area contributed by atoms with Crippen molar-refractivity contribution in [3.8, 4) is 0 Å². The molecular formula is C17H20Cl2N2. The summed E-state index contributed by atoms with van der Waals surface area (Å²) in [5.74, 6) is 0. The van der Waals surface area contributed by atoms with Crippen LogP contribution in [0.5, 0.6) is 0 Å². The summed E-state index contributed by atoms with van der Waals surface area (Å²) in [6, 6.07) is 10.0. The zero-order chi connectivity index (χ0) is 15.2. The van der Waals surface area contributed by atoms with Crippen LogP contribution in [0.1, 0.15) is 36.2 Å². The molecule has 0 fully saturated rings. The first-order valence-corrected chi connectivity index (χ1v) is 7.95. The van der Waals surface area contributed by atoms with Gasteiger partial charge < -0.3 is 5.32 Å². The van der Waals surface area contributed by atoms with Gasteiger partial charge in [0.05, 0.1) is 0 Å². The highest BCUT2D eigenvalue weighted by Crippen LogP contribution is 2.25. The van der Waals surface area contributed by atoms with Crippen molar-refractivity contribution in [1.82, 2.24) is 10.3 Å². The SMILES string of the molecule is CCCNC(Cc1ccc(C)cn1)c1cc(Cl)cc(Cl)c1. The predicted octanol–water partition coefficient (Wildman–Crippen LogP) is 4.98. The van der Waals surface area contributed by atoms with E-state index in [0.29, 0.717) is 10.0 Å². The third-order valence-electron chi connectivity index (χ3n) is 3.31. The second kappa shape index (κ2) is 7.79. The van der Waals surface area contributed by atoms with E-state index in [-0.39, 0.29) is 6.04 Å². The van der Waals surface area contributed by atoms with Crippen molar-refractivity contribution in [1.29, 1.82) is 0 Å². The molecule has 1 aromatic heterocycles. The molecule has 21 heavy (non-hydrogen) atoms. The molecule has 0 aliphatic heterocycles. The first-order valence-electron chi connectivity index (χ1n) is 7.19. The highest BCUT2D eigenvalue weighted by molar-refractivity contribution is 6.34. The monoisotopic (exact) mass is 322 g/mol. The van der Waals surface area contributed by atoms with Gasteiger partial charge in [0, 0.05) is 34.4 Å². The Balaban J connectivity index is 2.22. The predicted molar refractivity (Wildman–Crippen MR) is 90.2 cm³/mol. The molecule has 1 heterocycles. The number of nitrogens with zero attached hydrogens (tertiary/aromatic N) is 1. The van der Waals surface area contributed by atoms with E-state index in [9.17, 15) is 0 Å². The average Bonchev–Trinajstić information content (AvgIpc) is 2.44. The van der Waals surface area contributed by atoms with E-state index in [0.717, 1.165) is 30.6 Å². The minimum absolute atomic E-state index is 0.163. The van der Waals surface area contributed by atoms with Gasteiger partial charge in [0.25, 0.3) is 0 Å². The quantitative estimate of drug-likeness (QED) is 0.811. The fourth-order valence-corrected chi connectivity index (χ4v) is 2.77. The van der Waals surface area contributed by atoms with Gasteiger partial charge in [0.1, 0.15) is 0 Å². The molecule has 0 radical (unpaired) electrons. The number of aromatic nitrogens is 1. The molecule has 112 valence electrons. The number of nitrogens with one attached hydrogen (secondary N) is 1. The summed E-state index contributed by atoms with van der Waals surface area (Å²) in [6.07, 6.45) is 3.79. The Hall–Kier alpha value is -1.09. The van der Waals surface area contributed by atoms with Crippen molar-refractivity contribution >= 4 is 23.2 Å². The van der Waals surface area contributed by atoms with Gasteiger partial charge in [-0.15, -0.1) is 0 Å². The van der Waals surface area contributed by atoms with Gasteiger partial charge in [-0.1, -0.05) is 36.2 Å². The van der Waals surface area contributed by atoms with Crippen LogP contribution in [0.3, 0.4) is 0 Å². The lowest BCUT2D eigenvalue weighted by Gasteiger charge is -2.19. The molecule has 4 heteroatoms. The molecule has 0 amide bonds. The Kier molecular flexibility index (Phi) is 6.04. The fourth-order valence-electron chi connectivity index (χ4n) is 2.23. The molecule has 1 atom stereocenters. The Morgan fingerprint density at radius 3 is 2.43 bits per heavy atom. The van der Waals surface area contributed by atoms with Gasteiger partial charge in [-0.2, -0.15) is 0 Å². The van der Waals surface area contributed by atoms with E-state index in [2.05, 4.69) is 29.4 Å². The molecule has 0 aliphatic rings. The van der Waals surface area contributed by atoms with Gasteiger partial charge in [-0.25, -0.2) is 0 Å². The molecule has 1 aromatic carbocycles. The third-order valence-corrected chi connectivity index (χ3v) is 3.75. The van der Waals surface area contributed by atoms with Crippen LogP contribution < -0.4 is 5.32 Å². The van der Waals surface area contributed by atoms with Crippen molar-refractivity contribution in [2.75, 3.05) is 6.54 Å². The first-order chi connectivity index (χ1) is 10.1. The lowest BCUT2D eigenvalue weighted by molar-refractivity contribution is 0.524. The van der Waals surface area contributed by atoms with Crippen molar-refractivity contribution < 1.29 is 0 Å². The fraction of sp³-hybridized carbons (Fsp3) is 0.353. The largest absolute Gasteiger partial charge is 0.310 e. The third kappa shape index (κ3) is 4.99. The summed E-state index contributed by atoms with van der Waals surface area (Å²) in [7, 11) is 0. The van der Waals surface area contributed by atoms with Crippen molar-refractivity contribution in [3.05, 3.63) is 63.4 Å². The Morgan fingerprint density at radius 1 is 1.14 bits per heavy atom. The van der Waals surface area contributed by atoms with Crippen LogP contribution in [0, 0.1) is 6.92 Å². The zero-order valence-electron chi connectivity index (χ0n) is 12.4. The van der Waals surface area contributed by atoms with Crippen LogP contribution >= 0.6 is 23.2 Å². The van der Waals surface area contributed by atoms with Crippen LogP contribution in [-0.2, 0) is 6.42 Å². The Morgan fingerprint density at radius 2 is 1.86 bits per heavy atom. The minimum Gasteiger partial charge on any atom is -0.310 e. The normalized spacial score (nSPS) is 12.4. The molecule has 0 saturated carbocycles. The van der Waals surface area contributed by atoms with E-state index in [1.54, 1.807) is 6.07 Å². The van der Waals surface area contributed by atoms with E-state index < -0.39 is 0 Å². The van der Waals surface area contributed by atoms with Gasteiger partial charge in [0.15, 0.2) is 0 Å².